The number of fused-ring (bicyclic) bond motifs is 2. The largest absolute Gasteiger partial charge is 0.493 e. The number of nitrogens with one attached hydrogen (secondary N) is 2. The van der Waals surface area contributed by atoms with E-state index in [1.807, 2.05) is 0 Å². The second-order valence-electron chi connectivity index (χ2n) is 19.5. The van der Waals surface area contributed by atoms with Crippen molar-refractivity contribution >= 4 is 70.8 Å². The average Bonchev–Trinajstić information content (AvgIpc) is 3.86. The van der Waals surface area contributed by atoms with E-state index in [4.69, 9.17) is 28.1 Å². The van der Waals surface area contributed by atoms with E-state index in [0.717, 1.165) is 24.0 Å². The summed E-state index contributed by atoms with van der Waals surface area (Å²) in [6.45, 7) is 20.7. The topological polar surface area (TPSA) is 210 Å². The van der Waals surface area contributed by atoms with Gasteiger partial charge < -0.3 is 43.2 Å². The Labute approximate surface area is 417 Å². The second kappa shape index (κ2) is 21.7. The highest BCUT2D eigenvalue weighted by Crippen LogP contribution is 2.55. The van der Waals surface area contributed by atoms with Crippen LogP contribution in [-0.4, -0.2) is 122 Å². The highest BCUT2D eigenvalue weighted by Gasteiger charge is 2.46. The van der Waals surface area contributed by atoms with E-state index in [0.29, 0.717) is 97.7 Å². The number of unbranched alkanes of at least 4 members (excludes halogenated alkanes) is 2. The number of carbonyl (C=O) groups excluding carboxylic acids is 4. The second-order valence-corrected chi connectivity index (χ2v) is 26.9. The third-order valence-electron chi connectivity index (χ3n) is 13.3. The normalized spacial score (nSPS) is 18.4. The van der Waals surface area contributed by atoms with Crippen molar-refractivity contribution in [3.05, 3.63) is 88.1 Å². The molecular formula is C49H62N6O12S2Si. The number of ether oxygens (including phenoxy) is 5. The molecule has 376 valence electrons. The molecule has 4 heterocycles. The summed E-state index contributed by atoms with van der Waals surface area (Å²) in [7, 11) is 3.68. The van der Waals surface area contributed by atoms with Gasteiger partial charge in [0.2, 0.25) is 5.91 Å². The standard InChI is InChI=1S/C49H62N6O12S2Si/c1-30-19-33(28-67-70(8,9)48(3,4)5)53(26-30)45(57)35-22-40(63-7)42(24-37(35)52-47(59)66-29-49(15-16-49)69-68-43-14-13-32(25-50-43)55(60)61)65-18-12-10-11-17-64-41-23-36-34(21-39(41)62-6)46(58)54-27-31(2)20-38(54)44(56)51-36/h13-14,21-25,33,38H,1-2,10-12,15-20,26-29H2,3-9H3,(H,51,56)(H,52,59)/t33-,38-/m0/s1. The number of hydrogen-bond acceptors (Lipinski definition) is 15. The van der Waals surface area contributed by atoms with Crippen LogP contribution in [0.2, 0.25) is 18.1 Å². The van der Waals surface area contributed by atoms with Crippen LogP contribution in [0.3, 0.4) is 0 Å². The predicted octanol–water partition coefficient (Wildman–Crippen LogP) is 9.67. The van der Waals surface area contributed by atoms with Crippen molar-refractivity contribution in [1.29, 1.82) is 0 Å². The van der Waals surface area contributed by atoms with E-state index in [9.17, 15) is 29.3 Å². The van der Waals surface area contributed by atoms with Gasteiger partial charge in [-0.15, -0.1) is 0 Å². The van der Waals surface area contributed by atoms with E-state index in [2.05, 4.69) is 62.6 Å². The number of anilines is 2. The molecule has 0 bridgehead atoms. The minimum atomic E-state index is -2.15. The zero-order valence-corrected chi connectivity index (χ0v) is 43.4. The number of nitrogens with zero attached hydrogens (tertiary/aromatic N) is 4. The van der Waals surface area contributed by atoms with Gasteiger partial charge in [0, 0.05) is 31.3 Å². The van der Waals surface area contributed by atoms with Crippen molar-refractivity contribution in [3.8, 4) is 23.0 Å². The van der Waals surface area contributed by atoms with Crippen LogP contribution in [0.4, 0.5) is 21.9 Å². The lowest BCUT2D eigenvalue weighted by Crippen LogP contribution is -2.46. The lowest BCUT2D eigenvalue weighted by Gasteiger charge is -2.38. The molecule has 3 aliphatic heterocycles. The lowest BCUT2D eigenvalue weighted by atomic mass is 10.1. The molecule has 2 atom stereocenters. The minimum absolute atomic E-state index is 0.0279. The molecule has 2 N–H and O–H groups in total. The molecule has 18 nitrogen and oxygen atoms in total. The number of methoxy groups -OCH3 is 2. The lowest BCUT2D eigenvalue weighted by molar-refractivity contribution is -0.385. The molecule has 1 aromatic heterocycles. The number of benzene rings is 2. The predicted molar refractivity (Wildman–Crippen MR) is 271 cm³/mol. The number of pyridine rings is 1. The first-order valence-corrected chi connectivity index (χ1v) is 28.3. The van der Waals surface area contributed by atoms with Crippen LogP contribution in [0.1, 0.15) is 86.4 Å². The Bertz CT molecular complexity index is 2530. The highest BCUT2D eigenvalue weighted by molar-refractivity contribution is 8.77. The van der Waals surface area contributed by atoms with Gasteiger partial charge in [0.1, 0.15) is 23.9 Å². The molecule has 4 aliphatic rings. The zero-order chi connectivity index (χ0) is 50.5. The summed E-state index contributed by atoms with van der Waals surface area (Å²) in [6.07, 6.45) is 4.99. The molecule has 3 aromatic rings. The molecule has 21 heteroatoms. The van der Waals surface area contributed by atoms with Crippen LogP contribution in [0.25, 0.3) is 0 Å². The van der Waals surface area contributed by atoms with Crippen molar-refractivity contribution in [2.75, 3.05) is 64.4 Å². The Morgan fingerprint density at radius 1 is 0.957 bits per heavy atom. The van der Waals surface area contributed by atoms with Gasteiger partial charge in [0.25, 0.3) is 17.5 Å². The Morgan fingerprint density at radius 2 is 1.63 bits per heavy atom. The van der Waals surface area contributed by atoms with Crippen LogP contribution in [0.15, 0.2) is 71.9 Å². The molecule has 70 heavy (non-hydrogen) atoms. The molecule has 0 radical (unpaired) electrons. The number of amides is 4. The molecular weight excluding hydrogens is 957 g/mol. The first-order valence-electron chi connectivity index (χ1n) is 23.2. The molecule has 3 fully saturated rings. The van der Waals surface area contributed by atoms with Crippen molar-refractivity contribution in [2.45, 2.75) is 106 Å². The van der Waals surface area contributed by atoms with Crippen LogP contribution < -0.4 is 29.6 Å². The summed E-state index contributed by atoms with van der Waals surface area (Å²) >= 11 is 0. The quantitative estimate of drug-likeness (QED) is 0.0254. The highest BCUT2D eigenvalue weighted by atomic mass is 33.1. The number of aromatic nitrogens is 1. The smallest absolute Gasteiger partial charge is 0.411 e. The first kappa shape index (κ1) is 52.1. The Morgan fingerprint density at radius 3 is 2.26 bits per heavy atom. The first-order chi connectivity index (χ1) is 33.2. The van der Waals surface area contributed by atoms with Crippen LogP contribution in [-0.2, 0) is 14.0 Å². The molecule has 1 aliphatic carbocycles. The van der Waals surface area contributed by atoms with Gasteiger partial charge >= 0.3 is 6.09 Å². The summed E-state index contributed by atoms with van der Waals surface area (Å²) in [5.41, 5.74) is 2.68. The Balaban J connectivity index is 0.999. The zero-order valence-electron chi connectivity index (χ0n) is 40.8. The molecule has 0 spiro atoms. The number of likely N-dealkylation sites (tertiary alicyclic amines) is 1. The van der Waals surface area contributed by atoms with Crippen LogP contribution >= 0.6 is 21.6 Å². The fourth-order valence-corrected chi connectivity index (χ4v) is 11.5. The van der Waals surface area contributed by atoms with Crippen LogP contribution in [0, 0.1) is 10.1 Å². The Hall–Kier alpha value is -5.77. The number of carbonyl (C=O) groups is 4. The minimum Gasteiger partial charge on any atom is -0.493 e. The van der Waals surface area contributed by atoms with Gasteiger partial charge in [-0.2, -0.15) is 0 Å². The molecule has 0 unspecified atom stereocenters. The van der Waals surface area contributed by atoms with Gasteiger partial charge in [-0.1, -0.05) is 55.9 Å². The van der Waals surface area contributed by atoms with E-state index < -0.39 is 25.4 Å². The van der Waals surface area contributed by atoms with Gasteiger partial charge in [0.15, 0.2) is 31.3 Å². The molecule has 2 aromatic carbocycles. The summed E-state index contributed by atoms with van der Waals surface area (Å²) < 4.78 is 35.7. The van der Waals surface area contributed by atoms with Gasteiger partial charge in [-0.25, -0.2) is 9.78 Å². The third-order valence-corrected chi connectivity index (χ3v) is 21.0. The number of hydrogen-bond donors (Lipinski definition) is 2. The van der Waals surface area contributed by atoms with E-state index in [1.165, 1.54) is 53.0 Å². The maximum Gasteiger partial charge on any atom is 0.411 e. The summed E-state index contributed by atoms with van der Waals surface area (Å²) in [5.74, 6) is 0.495. The average molecular weight is 1020 g/mol. The summed E-state index contributed by atoms with van der Waals surface area (Å²) in [5, 5.41) is 17.3. The molecule has 2 saturated heterocycles. The maximum atomic E-state index is 14.6. The van der Waals surface area contributed by atoms with Crippen molar-refractivity contribution < 1.29 is 52.2 Å². The van der Waals surface area contributed by atoms with E-state index in [-0.39, 0.29) is 63.7 Å². The fourth-order valence-electron chi connectivity index (χ4n) is 7.92. The number of nitro groups is 1. The Kier molecular flexibility index (Phi) is 16.1. The summed E-state index contributed by atoms with van der Waals surface area (Å²) in [6, 6.07) is 8.48. The van der Waals surface area contributed by atoms with Crippen LogP contribution in [0.5, 0.6) is 23.0 Å². The molecule has 7 rings (SSSR count). The van der Waals surface area contributed by atoms with Gasteiger partial charge in [0.05, 0.1) is 72.3 Å². The molecule has 4 amide bonds. The summed E-state index contributed by atoms with van der Waals surface area (Å²) in [4.78, 5) is 72.7. The van der Waals surface area contributed by atoms with Crippen molar-refractivity contribution in [1.82, 2.24) is 14.8 Å². The van der Waals surface area contributed by atoms with E-state index >= 15 is 0 Å². The fraction of sp³-hybridized carbons (Fsp3) is 0.490. The van der Waals surface area contributed by atoms with Gasteiger partial charge in [-0.05, 0) is 92.1 Å². The van der Waals surface area contributed by atoms with Crippen molar-refractivity contribution in [3.63, 3.8) is 0 Å². The third kappa shape index (κ3) is 12.2. The van der Waals surface area contributed by atoms with Crippen molar-refractivity contribution in [2.24, 2.45) is 0 Å². The maximum absolute atomic E-state index is 14.6. The van der Waals surface area contributed by atoms with E-state index in [1.54, 1.807) is 35.2 Å². The monoisotopic (exact) mass is 1020 g/mol. The SMILES string of the molecule is C=C1C[C@@H](CO[Si](C)(C)C(C)(C)C)N(C(=O)c2cc(OC)c(OCCCCCOc3cc4c(cc3OC)C(=O)N3CC(=C)C[C@H]3C(=O)N4)cc2NC(=O)OCC2(SSc3ccc([N+](=O)[O-])cn3)CC2)C1. The molecule has 1 saturated carbocycles. The number of rotatable bonds is 21. The van der Waals surface area contributed by atoms with Gasteiger partial charge in [-0.3, -0.25) is 29.8 Å².